The lowest BCUT2D eigenvalue weighted by Crippen LogP contribution is -2.41. The molecule has 0 spiro atoms. The highest BCUT2D eigenvalue weighted by Gasteiger charge is 2.51. The van der Waals surface area contributed by atoms with Gasteiger partial charge in [0.25, 0.3) is 0 Å². The molecule has 25 heavy (non-hydrogen) atoms. The molecule has 1 saturated carbocycles. The van der Waals surface area contributed by atoms with Crippen molar-refractivity contribution in [1.29, 1.82) is 0 Å². The van der Waals surface area contributed by atoms with Gasteiger partial charge in [0, 0.05) is 10.9 Å². The molecular formula is C20H21NO4. The third-order valence-corrected chi connectivity index (χ3v) is 5.68. The number of benzene rings is 1. The van der Waals surface area contributed by atoms with Crippen LogP contribution >= 0.6 is 0 Å². The largest absolute Gasteiger partial charge is 0.481 e. The molecule has 2 N–H and O–H groups in total. The minimum absolute atomic E-state index is 0.0232. The smallest absolute Gasteiger partial charge is 0.307 e. The van der Waals surface area contributed by atoms with E-state index in [2.05, 4.69) is 5.32 Å². The van der Waals surface area contributed by atoms with Gasteiger partial charge in [-0.05, 0) is 38.2 Å². The molecule has 0 radical (unpaired) electrons. The van der Waals surface area contributed by atoms with Crippen LogP contribution in [0.1, 0.15) is 30.7 Å². The van der Waals surface area contributed by atoms with Crippen LogP contribution in [0.5, 0.6) is 0 Å². The zero-order valence-electron chi connectivity index (χ0n) is 14.2. The Bertz CT molecular complexity index is 881. The SMILES string of the molecule is Cc1c(C(C)NC(=O)C2C3C=CC(C3)C2C(=O)O)oc2ccccc12. The van der Waals surface area contributed by atoms with Crippen LogP contribution in [0.4, 0.5) is 0 Å². The summed E-state index contributed by atoms with van der Waals surface area (Å²) in [5, 5.41) is 13.5. The Morgan fingerprint density at radius 1 is 1.20 bits per heavy atom. The van der Waals surface area contributed by atoms with Gasteiger partial charge in [-0.3, -0.25) is 9.59 Å². The van der Waals surface area contributed by atoms with Crippen molar-refractivity contribution in [3.8, 4) is 0 Å². The summed E-state index contributed by atoms with van der Waals surface area (Å²) in [5.74, 6) is -1.49. The number of nitrogens with one attached hydrogen (secondary N) is 1. The molecular weight excluding hydrogens is 318 g/mol. The number of carbonyl (C=O) groups excluding carboxylic acids is 1. The molecule has 2 bridgehead atoms. The number of aryl methyl sites for hydroxylation is 1. The Hall–Kier alpha value is -2.56. The highest BCUT2D eigenvalue weighted by atomic mass is 16.4. The van der Waals surface area contributed by atoms with Gasteiger partial charge in [0.1, 0.15) is 11.3 Å². The van der Waals surface area contributed by atoms with Crippen molar-refractivity contribution >= 4 is 22.8 Å². The third-order valence-electron chi connectivity index (χ3n) is 5.68. The molecule has 1 fully saturated rings. The van der Waals surface area contributed by atoms with Gasteiger partial charge in [-0.2, -0.15) is 0 Å². The Labute approximate surface area is 145 Å². The number of amides is 1. The molecule has 5 heteroatoms. The standard InChI is InChI=1S/C20H21NO4/c1-10-14-5-3-4-6-15(14)25-18(10)11(2)21-19(22)16-12-7-8-13(9-12)17(16)20(23)24/h3-8,11-13,16-17H,9H2,1-2H3,(H,21,22)(H,23,24). The summed E-state index contributed by atoms with van der Waals surface area (Å²) in [6.45, 7) is 3.85. The average Bonchev–Trinajstić information content (AvgIpc) is 3.27. The summed E-state index contributed by atoms with van der Waals surface area (Å²) < 4.78 is 5.92. The van der Waals surface area contributed by atoms with E-state index < -0.39 is 17.8 Å². The molecule has 5 atom stereocenters. The number of allylic oxidation sites excluding steroid dienone is 2. The summed E-state index contributed by atoms with van der Waals surface area (Å²) in [6.07, 6.45) is 4.69. The second kappa shape index (κ2) is 5.76. The van der Waals surface area contributed by atoms with Gasteiger partial charge in [-0.1, -0.05) is 30.4 Å². The predicted octanol–water partition coefficient (Wildman–Crippen LogP) is 3.44. The number of aliphatic carboxylic acids is 1. The van der Waals surface area contributed by atoms with Crippen molar-refractivity contribution in [1.82, 2.24) is 5.32 Å². The molecule has 0 saturated heterocycles. The van der Waals surface area contributed by atoms with E-state index in [9.17, 15) is 14.7 Å². The fraction of sp³-hybridized carbons (Fsp3) is 0.400. The molecule has 4 rings (SSSR count). The quantitative estimate of drug-likeness (QED) is 0.836. The van der Waals surface area contributed by atoms with Crippen LogP contribution in [0.15, 0.2) is 40.8 Å². The lowest BCUT2D eigenvalue weighted by Gasteiger charge is -2.25. The number of para-hydroxylation sites is 1. The minimum atomic E-state index is -0.885. The molecule has 0 aliphatic heterocycles. The first-order chi connectivity index (χ1) is 12.0. The summed E-state index contributed by atoms with van der Waals surface area (Å²) in [4.78, 5) is 24.4. The van der Waals surface area contributed by atoms with Gasteiger partial charge >= 0.3 is 5.97 Å². The van der Waals surface area contributed by atoms with E-state index >= 15 is 0 Å². The number of furan rings is 1. The zero-order chi connectivity index (χ0) is 17.7. The highest BCUT2D eigenvalue weighted by Crippen LogP contribution is 2.48. The van der Waals surface area contributed by atoms with Crippen molar-refractivity contribution in [2.24, 2.45) is 23.7 Å². The van der Waals surface area contributed by atoms with Crippen LogP contribution in [0.2, 0.25) is 0 Å². The fourth-order valence-electron chi connectivity index (χ4n) is 4.50. The van der Waals surface area contributed by atoms with E-state index in [0.717, 1.165) is 28.7 Å². The van der Waals surface area contributed by atoms with E-state index in [-0.39, 0.29) is 23.8 Å². The summed E-state index contributed by atoms with van der Waals surface area (Å²) in [6, 6.07) is 7.46. The van der Waals surface area contributed by atoms with E-state index in [1.165, 1.54) is 0 Å². The Kier molecular flexibility index (Phi) is 3.67. The third kappa shape index (κ3) is 2.46. The van der Waals surface area contributed by atoms with Gasteiger partial charge in [0.2, 0.25) is 5.91 Å². The number of hydrogen-bond donors (Lipinski definition) is 2. The zero-order valence-corrected chi connectivity index (χ0v) is 14.2. The van der Waals surface area contributed by atoms with Gasteiger partial charge in [-0.15, -0.1) is 0 Å². The monoisotopic (exact) mass is 339 g/mol. The summed E-state index contributed by atoms with van der Waals surface area (Å²) in [7, 11) is 0. The predicted molar refractivity (Wildman–Crippen MR) is 92.9 cm³/mol. The van der Waals surface area contributed by atoms with Gasteiger partial charge in [0.15, 0.2) is 0 Å². The highest BCUT2D eigenvalue weighted by molar-refractivity contribution is 5.87. The number of hydrogen-bond acceptors (Lipinski definition) is 3. The van der Waals surface area contributed by atoms with Crippen molar-refractivity contribution in [2.75, 3.05) is 0 Å². The maximum Gasteiger partial charge on any atom is 0.307 e. The number of carbonyl (C=O) groups is 2. The van der Waals surface area contributed by atoms with Gasteiger partial charge < -0.3 is 14.8 Å². The van der Waals surface area contributed by atoms with Crippen LogP contribution in [0.3, 0.4) is 0 Å². The van der Waals surface area contributed by atoms with Gasteiger partial charge in [0.05, 0.1) is 17.9 Å². The summed E-state index contributed by atoms with van der Waals surface area (Å²) in [5.41, 5.74) is 1.80. The molecule has 1 aromatic heterocycles. The topological polar surface area (TPSA) is 79.5 Å². The maximum atomic E-state index is 12.8. The first-order valence-corrected chi connectivity index (χ1v) is 8.67. The normalized spacial score (nSPS) is 28.4. The van der Waals surface area contributed by atoms with Crippen molar-refractivity contribution in [2.45, 2.75) is 26.3 Å². The van der Waals surface area contributed by atoms with Crippen LogP contribution < -0.4 is 5.32 Å². The van der Waals surface area contributed by atoms with Crippen molar-refractivity contribution in [3.63, 3.8) is 0 Å². The summed E-state index contributed by atoms with van der Waals surface area (Å²) >= 11 is 0. The number of carboxylic acids is 1. The van der Waals surface area contributed by atoms with E-state index in [0.29, 0.717) is 0 Å². The molecule has 5 unspecified atom stereocenters. The average molecular weight is 339 g/mol. The van der Waals surface area contributed by atoms with Crippen molar-refractivity contribution < 1.29 is 19.1 Å². The Morgan fingerprint density at radius 2 is 1.88 bits per heavy atom. The molecule has 5 nitrogen and oxygen atoms in total. The Balaban J connectivity index is 1.57. The van der Waals surface area contributed by atoms with Crippen LogP contribution in [0, 0.1) is 30.6 Å². The van der Waals surface area contributed by atoms with E-state index in [4.69, 9.17) is 4.42 Å². The molecule has 1 aromatic carbocycles. The maximum absolute atomic E-state index is 12.8. The Morgan fingerprint density at radius 3 is 2.56 bits per heavy atom. The molecule has 1 amide bonds. The second-order valence-corrected chi connectivity index (χ2v) is 7.16. The number of rotatable bonds is 4. The first-order valence-electron chi connectivity index (χ1n) is 8.67. The first kappa shape index (κ1) is 15.9. The lowest BCUT2D eigenvalue weighted by molar-refractivity contribution is -0.148. The number of carboxylic acid groups (broad SMARTS) is 1. The molecule has 1 heterocycles. The van der Waals surface area contributed by atoms with Crippen LogP contribution in [0.25, 0.3) is 11.0 Å². The second-order valence-electron chi connectivity index (χ2n) is 7.16. The molecule has 2 aliphatic rings. The van der Waals surface area contributed by atoms with Crippen LogP contribution in [-0.2, 0) is 9.59 Å². The lowest BCUT2D eigenvalue weighted by atomic mass is 9.82. The van der Waals surface area contributed by atoms with Gasteiger partial charge in [-0.25, -0.2) is 0 Å². The van der Waals surface area contributed by atoms with E-state index in [1.807, 2.05) is 50.3 Å². The molecule has 2 aromatic rings. The fourth-order valence-corrected chi connectivity index (χ4v) is 4.50. The van der Waals surface area contributed by atoms with Crippen LogP contribution in [-0.4, -0.2) is 17.0 Å². The molecule has 130 valence electrons. The minimum Gasteiger partial charge on any atom is -0.481 e. The van der Waals surface area contributed by atoms with E-state index in [1.54, 1.807) is 0 Å². The number of fused-ring (bicyclic) bond motifs is 3. The molecule has 2 aliphatic carbocycles. The van der Waals surface area contributed by atoms with Crippen molar-refractivity contribution in [3.05, 3.63) is 47.7 Å².